The lowest BCUT2D eigenvalue weighted by Gasteiger charge is -2.32. The molecule has 0 aromatic heterocycles. The van der Waals surface area contributed by atoms with Crippen molar-refractivity contribution in [1.29, 1.82) is 0 Å². The second-order valence-corrected chi connectivity index (χ2v) is 8.37. The number of carbonyl (C=O) groups is 2. The second-order valence-electron chi connectivity index (χ2n) is 6.39. The Balaban J connectivity index is 5.71. The molecule has 0 atom stereocenters. The van der Waals surface area contributed by atoms with Gasteiger partial charge in [0, 0.05) is 13.0 Å². The monoisotopic (exact) mass is 451 g/mol. The van der Waals surface area contributed by atoms with Gasteiger partial charge in [0.15, 0.2) is 6.54 Å². The first-order valence-electron chi connectivity index (χ1n) is 7.26. The summed E-state index contributed by atoms with van der Waals surface area (Å²) in [5.41, 5.74) is 0. The van der Waals surface area contributed by atoms with Gasteiger partial charge in [0.05, 0.1) is 20.6 Å². The molecular formula is C12H18F7N2O6S+. The predicted molar refractivity (Wildman–Crippen MR) is 78.2 cm³/mol. The Kier molecular flexibility index (Phi) is 7.86. The summed E-state index contributed by atoms with van der Waals surface area (Å²) in [4.78, 5) is 21.4. The Morgan fingerprint density at radius 2 is 1.43 bits per heavy atom. The van der Waals surface area contributed by atoms with Crippen molar-refractivity contribution in [2.75, 3.05) is 40.3 Å². The number of carboxylic acids is 2. The van der Waals surface area contributed by atoms with Crippen LogP contribution in [-0.4, -0.2) is 97.0 Å². The van der Waals surface area contributed by atoms with E-state index < -0.39 is 69.7 Å². The Morgan fingerprint density at radius 1 is 0.964 bits per heavy atom. The molecule has 0 rings (SSSR count). The van der Waals surface area contributed by atoms with Gasteiger partial charge in [0.2, 0.25) is 0 Å². The van der Waals surface area contributed by atoms with Gasteiger partial charge < -0.3 is 14.7 Å². The largest absolute Gasteiger partial charge is 0.480 e. The zero-order valence-electron chi connectivity index (χ0n) is 14.5. The molecule has 28 heavy (non-hydrogen) atoms. The topological polar surface area (TPSA) is 112 Å². The summed E-state index contributed by atoms with van der Waals surface area (Å²) in [5.74, 6) is -10.3. The van der Waals surface area contributed by atoms with Crippen LogP contribution in [0.15, 0.2) is 0 Å². The number of rotatable bonds is 11. The molecule has 2 N–H and O–H groups in total. The first-order chi connectivity index (χ1) is 12.2. The highest BCUT2D eigenvalue weighted by atomic mass is 32.2. The summed E-state index contributed by atoms with van der Waals surface area (Å²) in [6.45, 7) is -3.69. The molecule has 8 nitrogen and oxygen atoms in total. The smallest absolute Gasteiger partial charge is 0.461 e. The number of carboxylic acid groups (broad SMARTS) is 2. The molecule has 0 unspecified atom stereocenters. The van der Waals surface area contributed by atoms with Gasteiger partial charge in [-0.05, 0) is 0 Å². The van der Waals surface area contributed by atoms with E-state index in [0.29, 0.717) is 0 Å². The molecule has 0 spiro atoms. The standard InChI is InChI=1S/C12H17F7N2O6S/c1-21(2,7-9(24)25)5-3-4-20(6-8(22)23)28(26,27)12(18,19)10(13,14)11(15,16)17/h3-7H2,1-2H3,(H-,22,23,24,25)/p+1. The first-order valence-corrected chi connectivity index (χ1v) is 8.70. The summed E-state index contributed by atoms with van der Waals surface area (Å²) < 4.78 is 113. The van der Waals surface area contributed by atoms with Crippen LogP contribution in [0.5, 0.6) is 0 Å². The molecule has 0 heterocycles. The lowest BCUT2D eigenvalue weighted by molar-refractivity contribution is -0.883. The van der Waals surface area contributed by atoms with Crippen molar-refractivity contribution in [3.8, 4) is 0 Å². The van der Waals surface area contributed by atoms with Crippen LogP contribution in [0.2, 0.25) is 0 Å². The molecule has 0 aromatic carbocycles. The fourth-order valence-electron chi connectivity index (χ4n) is 2.04. The van der Waals surface area contributed by atoms with Crippen LogP contribution in [0.4, 0.5) is 30.7 Å². The summed E-state index contributed by atoms with van der Waals surface area (Å²) in [6.07, 6.45) is -7.42. The number of hydrogen-bond donors (Lipinski definition) is 2. The Labute approximate surface area is 154 Å². The van der Waals surface area contributed by atoms with Gasteiger partial charge in [0.25, 0.3) is 10.0 Å². The zero-order chi connectivity index (χ0) is 22.8. The van der Waals surface area contributed by atoms with E-state index in [1.165, 1.54) is 14.1 Å². The Morgan fingerprint density at radius 3 is 1.79 bits per heavy atom. The highest BCUT2D eigenvalue weighted by molar-refractivity contribution is 7.90. The van der Waals surface area contributed by atoms with Crippen LogP contribution in [-0.2, 0) is 19.6 Å². The lowest BCUT2D eigenvalue weighted by Crippen LogP contribution is -2.60. The van der Waals surface area contributed by atoms with E-state index in [1.54, 1.807) is 0 Å². The molecule has 0 amide bonds. The Hall–Kier alpha value is -1.68. The van der Waals surface area contributed by atoms with Gasteiger partial charge in [0.1, 0.15) is 6.54 Å². The molecule has 166 valence electrons. The summed E-state index contributed by atoms with van der Waals surface area (Å²) in [6, 6.07) is 0. The molecule has 0 saturated heterocycles. The average Bonchev–Trinajstić information content (AvgIpc) is 2.42. The van der Waals surface area contributed by atoms with Crippen LogP contribution in [0.1, 0.15) is 6.42 Å². The van der Waals surface area contributed by atoms with Crippen molar-refractivity contribution in [3.05, 3.63) is 0 Å². The maximum absolute atomic E-state index is 13.6. The minimum Gasteiger partial charge on any atom is -0.480 e. The minimum atomic E-state index is -6.98. The lowest BCUT2D eigenvalue weighted by atomic mass is 10.3. The van der Waals surface area contributed by atoms with Crippen molar-refractivity contribution in [3.63, 3.8) is 0 Å². The summed E-state index contributed by atoms with van der Waals surface area (Å²) in [7, 11) is -4.09. The SMILES string of the molecule is C[N+](C)(CCCN(CC(=O)O)S(=O)(=O)C(F)(F)C(F)(F)C(F)(F)F)CC(=O)O. The maximum Gasteiger partial charge on any atom is 0.461 e. The fourth-order valence-corrected chi connectivity index (χ4v) is 3.46. The summed E-state index contributed by atoms with van der Waals surface area (Å²) in [5, 5.41) is 10.6. The number of hydrogen-bond acceptors (Lipinski definition) is 4. The van der Waals surface area contributed by atoms with E-state index >= 15 is 0 Å². The van der Waals surface area contributed by atoms with Crippen molar-refractivity contribution >= 4 is 22.0 Å². The highest BCUT2D eigenvalue weighted by Gasteiger charge is 2.79. The van der Waals surface area contributed by atoms with Crippen LogP contribution in [0, 0.1) is 0 Å². The van der Waals surface area contributed by atoms with Crippen LogP contribution in [0.3, 0.4) is 0 Å². The molecule has 0 fully saturated rings. The predicted octanol–water partition coefficient (Wildman–Crippen LogP) is 1.04. The second kappa shape index (κ2) is 8.36. The molecule has 0 bridgehead atoms. The minimum absolute atomic E-state index is 0.237. The van der Waals surface area contributed by atoms with E-state index in [2.05, 4.69) is 0 Å². The number of sulfonamides is 1. The molecule has 0 aliphatic rings. The first kappa shape index (κ1) is 26.3. The van der Waals surface area contributed by atoms with Crippen molar-refractivity contribution in [2.24, 2.45) is 0 Å². The number of halogens is 7. The molecule has 16 heteroatoms. The van der Waals surface area contributed by atoms with E-state index in [1.807, 2.05) is 0 Å². The van der Waals surface area contributed by atoms with Gasteiger partial charge in [-0.25, -0.2) is 13.2 Å². The summed E-state index contributed by atoms with van der Waals surface area (Å²) >= 11 is 0. The number of alkyl halides is 7. The van der Waals surface area contributed by atoms with Crippen molar-refractivity contribution in [2.45, 2.75) is 23.8 Å². The van der Waals surface area contributed by atoms with Crippen LogP contribution < -0.4 is 0 Å². The van der Waals surface area contributed by atoms with Gasteiger partial charge in [-0.15, -0.1) is 0 Å². The van der Waals surface area contributed by atoms with E-state index in [-0.39, 0.29) is 11.0 Å². The van der Waals surface area contributed by atoms with Crippen molar-refractivity contribution < 1.29 is 63.4 Å². The maximum atomic E-state index is 13.6. The third-order valence-corrected chi connectivity index (χ3v) is 5.33. The highest BCUT2D eigenvalue weighted by Crippen LogP contribution is 2.49. The third-order valence-electron chi connectivity index (χ3n) is 3.43. The normalized spacial score (nSPS) is 14.4. The van der Waals surface area contributed by atoms with Crippen LogP contribution >= 0.6 is 0 Å². The fraction of sp³-hybridized carbons (Fsp3) is 0.833. The quantitative estimate of drug-likeness (QED) is 0.359. The van der Waals surface area contributed by atoms with Gasteiger partial charge in [-0.3, -0.25) is 4.79 Å². The molecular weight excluding hydrogens is 433 g/mol. The van der Waals surface area contributed by atoms with E-state index in [0.717, 1.165) is 0 Å². The van der Waals surface area contributed by atoms with Gasteiger partial charge >= 0.3 is 29.3 Å². The van der Waals surface area contributed by atoms with E-state index in [4.69, 9.17) is 10.2 Å². The average molecular weight is 451 g/mol. The molecule has 0 aliphatic carbocycles. The number of likely N-dealkylation sites (N-methyl/N-ethyl adjacent to an activating group) is 1. The number of quaternary nitrogens is 1. The van der Waals surface area contributed by atoms with E-state index in [9.17, 15) is 48.7 Å². The van der Waals surface area contributed by atoms with Gasteiger partial charge in [-0.2, -0.15) is 35.0 Å². The molecule has 0 aromatic rings. The van der Waals surface area contributed by atoms with Gasteiger partial charge in [-0.1, -0.05) is 0 Å². The zero-order valence-corrected chi connectivity index (χ0v) is 15.3. The van der Waals surface area contributed by atoms with Crippen molar-refractivity contribution in [1.82, 2.24) is 4.31 Å². The molecule has 0 aliphatic heterocycles. The number of aliphatic carboxylic acids is 2. The Bertz CT molecular complexity index is 693. The number of nitrogens with zero attached hydrogens (tertiary/aromatic N) is 2. The molecule has 0 radical (unpaired) electrons. The van der Waals surface area contributed by atoms with Crippen LogP contribution in [0.25, 0.3) is 0 Å². The third kappa shape index (κ3) is 5.91. The molecule has 0 saturated carbocycles.